The van der Waals surface area contributed by atoms with Gasteiger partial charge in [0.25, 0.3) is 0 Å². The molecule has 0 aromatic heterocycles. The van der Waals surface area contributed by atoms with Crippen molar-refractivity contribution in [3.05, 3.63) is 0 Å². The predicted octanol–water partition coefficient (Wildman–Crippen LogP) is -1.73. The summed E-state index contributed by atoms with van der Waals surface area (Å²) in [6.45, 7) is 4.79. The van der Waals surface area contributed by atoms with E-state index in [1.807, 2.05) is 0 Å². The molecule has 1 nitrogen and oxygen atoms in total. The lowest BCUT2D eigenvalue weighted by atomic mass is 11.6. The standard InChI is InChI=1S/C3H15NSi3/c1-4(6-5)7(2)3/h7H,6H2,1-3,5H3. The molecule has 0 aliphatic rings. The van der Waals surface area contributed by atoms with Crippen LogP contribution in [0.2, 0.25) is 13.1 Å². The molecule has 0 N–H and O–H groups in total. The van der Waals surface area contributed by atoms with Crippen molar-refractivity contribution in [2.75, 3.05) is 7.05 Å². The average molecular weight is 149 g/mol. The molecule has 0 aromatic rings. The van der Waals surface area contributed by atoms with E-state index >= 15 is 0 Å². The Morgan fingerprint density at radius 1 is 1.57 bits per heavy atom. The van der Waals surface area contributed by atoms with Crippen molar-refractivity contribution in [2.45, 2.75) is 13.1 Å². The van der Waals surface area contributed by atoms with Crippen LogP contribution in [-0.2, 0) is 0 Å². The quantitative estimate of drug-likeness (QED) is 0.422. The van der Waals surface area contributed by atoms with Crippen molar-refractivity contribution in [2.24, 2.45) is 0 Å². The Kier molecular flexibility index (Phi) is 3.91. The second-order valence-electron chi connectivity index (χ2n) is 2.17. The minimum atomic E-state index is -0.335. The summed E-state index contributed by atoms with van der Waals surface area (Å²) in [6, 6.07) is 0. The van der Waals surface area contributed by atoms with Crippen LogP contribution in [0.25, 0.3) is 0 Å². The summed E-state index contributed by atoms with van der Waals surface area (Å²) in [5, 5.41) is 0. The van der Waals surface area contributed by atoms with Gasteiger partial charge in [-0.05, 0) is 7.05 Å². The number of nitrogens with zero attached hydrogens (tertiary/aromatic N) is 1. The van der Waals surface area contributed by atoms with E-state index in [0.29, 0.717) is 9.20 Å². The van der Waals surface area contributed by atoms with Crippen LogP contribution in [0.5, 0.6) is 0 Å². The van der Waals surface area contributed by atoms with Crippen molar-refractivity contribution >= 4 is 27.9 Å². The van der Waals surface area contributed by atoms with Crippen molar-refractivity contribution in [3.63, 3.8) is 0 Å². The van der Waals surface area contributed by atoms with Crippen LogP contribution in [0.4, 0.5) is 0 Å². The highest BCUT2D eigenvalue weighted by Gasteiger charge is 1.98. The van der Waals surface area contributed by atoms with Gasteiger partial charge in [0.1, 0.15) is 0 Å². The van der Waals surface area contributed by atoms with Crippen LogP contribution in [0.3, 0.4) is 0 Å². The third-order valence-corrected chi connectivity index (χ3v) is 12.6. The molecule has 0 rings (SSSR count). The third kappa shape index (κ3) is 3.22. The number of hydrogen-bond acceptors (Lipinski definition) is 1. The summed E-state index contributed by atoms with van der Waals surface area (Å²) in [5.41, 5.74) is 0. The van der Waals surface area contributed by atoms with Gasteiger partial charge in [0.05, 0.1) is 18.2 Å². The fourth-order valence-electron chi connectivity index (χ4n) is 0.365. The van der Waals surface area contributed by atoms with Gasteiger partial charge in [0.15, 0.2) is 0 Å². The van der Waals surface area contributed by atoms with E-state index in [0.717, 1.165) is 0 Å². The fraction of sp³-hybridized carbons (Fsp3) is 1.00. The summed E-state index contributed by atoms with van der Waals surface area (Å²) >= 11 is 0. The average Bonchev–Trinajstić information content (AvgIpc) is 1.65. The zero-order valence-electron chi connectivity index (χ0n) is 5.73. The molecular weight excluding hydrogens is 134 g/mol. The van der Waals surface area contributed by atoms with E-state index in [4.69, 9.17) is 0 Å². The lowest BCUT2D eigenvalue weighted by Crippen LogP contribution is -2.33. The monoisotopic (exact) mass is 149 g/mol. The first-order valence-corrected chi connectivity index (χ1v) is 12.0. The predicted molar refractivity (Wildman–Crippen MR) is 45.1 cm³/mol. The first-order chi connectivity index (χ1) is 3.18. The second-order valence-corrected chi connectivity index (χ2v) is 9.49. The highest BCUT2D eigenvalue weighted by Crippen LogP contribution is 1.82. The molecule has 0 amide bonds. The van der Waals surface area contributed by atoms with Crippen LogP contribution in [-0.4, -0.2) is 39.2 Å². The summed E-state index contributed by atoms with van der Waals surface area (Å²) < 4.78 is 2.63. The maximum absolute atomic E-state index is 2.63. The van der Waals surface area contributed by atoms with Crippen LogP contribution >= 0.6 is 0 Å². The molecular formula is C3H15NSi3. The Labute approximate surface area is 52.9 Å². The smallest absolute Gasteiger partial charge is 0.0974 e. The number of hydrogen-bond donors (Lipinski definition) is 0. The molecule has 0 radical (unpaired) electrons. The van der Waals surface area contributed by atoms with E-state index in [1.165, 1.54) is 9.76 Å². The van der Waals surface area contributed by atoms with Gasteiger partial charge in [0, 0.05) is 9.76 Å². The van der Waals surface area contributed by atoms with Gasteiger partial charge < -0.3 is 4.23 Å². The van der Waals surface area contributed by atoms with Gasteiger partial charge in [-0.15, -0.1) is 0 Å². The summed E-state index contributed by atoms with van der Waals surface area (Å²) in [7, 11) is 3.75. The van der Waals surface area contributed by atoms with E-state index in [2.05, 4.69) is 24.4 Å². The molecule has 0 atom stereocenters. The summed E-state index contributed by atoms with van der Waals surface area (Å²) in [5.74, 6) is 0. The van der Waals surface area contributed by atoms with Crippen LogP contribution in [0, 0.1) is 0 Å². The molecule has 0 aromatic carbocycles. The molecule has 0 saturated carbocycles. The zero-order chi connectivity index (χ0) is 5.86. The summed E-state index contributed by atoms with van der Waals surface area (Å²) in [6.07, 6.45) is 0. The van der Waals surface area contributed by atoms with E-state index in [-0.39, 0.29) is 8.96 Å². The van der Waals surface area contributed by atoms with Gasteiger partial charge in [-0.25, -0.2) is 0 Å². The highest BCUT2D eigenvalue weighted by atomic mass is 29.1. The second kappa shape index (κ2) is 3.59. The molecule has 4 heteroatoms. The van der Waals surface area contributed by atoms with Gasteiger partial charge >= 0.3 is 0 Å². The molecule has 0 spiro atoms. The minimum Gasteiger partial charge on any atom is -0.358 e. The normalized spacial score (nSPS) is 13.3. The molecule has 0 aliphatic carbocycles. The lowest BCUT2D eigenvalue weighted by Gasteiger charge is -2.16. The Hall–Kier alpha value is 0.611. The van der Waals surface area contributed by atoms with Crippen molar-refractivity contribution < 1.29 is 0 Å². The maximum atomic E-state index is 2.63. The van der Waals surface area contributed by atoms with Gasteiger partial charge in [-0.3, -0.25) is 0 Å². The first kappa shape index (κ1) is 7.61. The minimum absolute atomic E-state index is 0.325. The van der Waals surface area contributed by atoms with Gasteiger partial charge in [-0.2, -0.15) is 0 Å². The molecule has 0 saturated heterocycles. The van der Waals surface area contributed by atoms with Crippen molar-refractivity contribution in [1.82, 2.24) is 4.23 Å². The molecule has 0 heterocycles. The maximum Gasteiger partial charge on any atom is 0.0974 e. The molecule has 0 bridgehead atoms. The van der Waals surface area contributed by atoms with Gasteiger partial charge in [-0.1, -0.05) is 13.1 Å². The van der Waals surface area contributed by atoms with E-state index in [1.54, 1.807) is 0 Å². The largest absolute Gasteiger partial charge is 0.358 e. The molecule has 7 heavy (non-hydrogen) atoms. The number of rotatable bonds is 2. The molecule has 0 aliphatic heterocycles. The van der Waals surface area contributed by atoms with Crippen molar-refractivity contribution in [3.8, 4) is 0 Å². The third-order valence-electron chi connectivity index (χ3n) is 1.38. The Morgan fingerprint density at radius 3 is 2.00 bits per heavy atom. The Morgan fingerprint density at radius 2 is 2.00 bits per heavy atom. The summed E-state index contributed by atoms with van der Waals surface area (Å²) in [4.78, 5) is 0. The van der Waals surface area contributed by atoms with Crippen LogP contribution in [0.1, 0.15) is 0 Å². The molecule has 0 unspecified atom stereocenters. The van der Waals surface area contributed by atoms with E-state index < -0.39 is 0 Å². The molecule has 0 fully saturated rings. The van der Waals surface area contributed by atoms with E-state index in [9.17, 15) is 0 Å². The van der Waals surface area contributed by atoms with Crippen molar-refractivity contribution in [1.29, 1.82) is 0 Å². The molecule has 44 valence electrons. The SMILES string of the molecule is CN([SiH2][SiH3])[SiH](C)C. The van der Waals surface area contributed by atoms with Crippen LogP contribution in [0.15, 0.2) is 0 Å². The highest BCUT2D eigenvalue weighted by molar-refractivity contribution is 6.91. The van der Waals surface area contributed by atoms with Gasteiger partial charge in [0.2, 0.25) is 0 Å². The lowest BCUT2D eigenvalue weighted by molar-refractivity contribution is 0.843. The first-order valence-electron chi connectivity index (χ1n) is 2.88. The fourth-order valence-corrected chi connectivity index (χ4v) is 9.86. The van der Waals surface area contributed by atoms with Crippen LogP contribution < -0.4 is 0 Å². The Bertz CT molecular complexity index is 47.4. The zero-order valence-corrected chi connectivity index (χ0v) is 10.3. The topological polar surface area (TPSA) is 3.24 Å². The Balaban J connectivity index is 3.14.